The van der Waals surface area contributed by atoms with Crippen molar-refractivity contribution in [2.75, 3.05) is 0 Å². The Morgan fingerprint density at radius 3 is 1.41 bits per heavy atom. The normalized spacial score (nSPS) is 8.14. The number of hydrogen-bond donors (Lipinski definition) is 0. The molecule has 2 heteroatoms. The van der Waals surface area contributed by atoms with Crippen LogP contribution in [0.3, 0.4) is 0 Å². The largest absolute Gasteiger partial charge is 0.343 e. The Hall–Kier alpha value is 0.389. The molecule has 1 atom stereocenters. The molecule has 1 aromatic rings. The molecule has 1 unspecified atom stereocenters. The first kappa shape index (κ1) is 38.1. The van der Waals surface area contributed by atoms with Crippen LogP contribution in [-0.4, -0.2) is 8.41 Å². The van der Waals surface area contributed by atoms with Gasteiger partial charge in [-0.1, -0.05) is 90.8 Å². The molecule has 128 valence electrons. The summed E-state index contributed by atoms with van der Waals surface area (Å²) in [5.41, 5.74) is 2.63. The Labute approximate surface area is 170 Å². The topological polar surface area (TPSA) is 0 Å². The van der Waals surface area contributed by atoms with Crippen LogP contribution in [0.2, 0.25) is 0 Å². The summed E-state index contributed by atoms with van der Waals surface area (Å²) in [6, 6.07) is 8.58. The van der Waals surface area contributed by atoms with Crippen LogP contribution in [0.1, 0.15) is 85.3 Å². The van der Waals surface area contributed by atoms with Gasteiger partial charge in [-0.05, 0) is 6.92 Å². The van der Waals surface area contributed by atoms with E-state index in [9.17, 15) is 0 Å². The van der Waals surface area contributed by atoms with Gasteiger partial charge in [0.15, 0.2) is 0 Å². The molecule has 0 aliphatic carbocycles. The van der Waals surface area contributed by atoms with Crippen molar-refractivity contribution in [2.24, 2.45) is 0 Å². The molecular weight excluding hydrogens is 340 g/mol. The van der Waals surface area contributed by atoms with E-state index < -0.39 is 0 Å². The van der Waals surface area contributed by atoms with E-state index in [-0.39, 0.29) is 41.1 Å². The molecule has 0 aromatic heterocycles. The molecule has 1 rings (SSSR count). The van der Waals surface area contributed by atoms with Crippen LogP contribution < -0.4 is 0 Å². The van der Waals surface area contributed by atoms with Gasteiger partial charge in [0.1, 0.15) is 0 Å². The molecule has 0 amide bonds. The SMILES string of the molecule is CC.CC.CC.CC.[B].[CH2-]CCC([CH2-])c1ccc(C)cc1.[Y]. The van der Waals surface area contributed by atoms with Gasteiger partial charge in [-0.25, -0.2) is 0 Å². The first-order valence-corrected chi connectivity index (χ1v) is 8.43. The first-order valence-electron chi connectivity index (χ1n) is 8.43. The molecule has 0 spiro atoms. The van der Waals surface area contributed by atoms with Crippen molar-refractivity contribution in [1.29, 1.82) is 0 Å². The maximum Gasteiger partial charge on any atom is 0 e. The number of hydrogen-bond acceptors (Lipinski definition) is 0. The Morgan fingerprint density at radius 2 is 1.14 bits per heavy atom. The van der Waals surface area contributed by atoms with Crippen LogP contribution in [0.15, 0.2) is 24.3 Å². The van der Waals surface area contributed by atoms with E-state index in [0.29, 0.717) is 5.92 Å². The fraction of sp³-hybridized carbons (Fsp3) is 0.600. The summed E-state index contributed by atoms with van der Waals surface area (Å²) < 4.78 is 0. The van der Waals surface area contributed by atoms with Crippen molar-refractivity contribution in [3.05, 3.63) is 49.2 Å². The van der Waals surface area contributed by atoms with Crippen LogP contribution in [0.4, 0.5) is 0 Å². The molecule has 0 nitrogen and oxygen atoms in total. The van der Waals surface area contributed by atoms with Crippen LogP contribution in [0.25, 0.3) is 0 Å². The quantitative estimate of drug-likeness (QED) is 0.383. The fourth-order valence-corrected chi connectivity index (χ4v) is 1.25. The van der Waals surface area contributed by atoms with Gasteiger partial charge >= 0.3 is 0 Å². The molecule has 0 aliphatic heterocycles. The second-order valence-electron chi connectivity index (χ2n) is 3.25. The fourth-order valence-electron chi connectivity index (χ4n) is 1.25. The Kier molecular flexibility index (Phi) is 65.1. The summed E-state index contributed by atoms with van der Waals surface area (Å²) in [5, 5.41) is 0. The number of benzene rings is 1. The van der Waals surface area contributed by atoms with E-state index >= 15 is 0 Å². The third-order valence-electron chi connectivity index (χ3n) is 2.10. The Balaban J connectivity index is -0.0000000560. The summed E-state index contributed by atoms with van der Waals surface area (Å²) >= 11 is 0. The molecule has 0 fully saturated rings. The van der Waals surface area contributed by atoms with Gasteiger partial charge in [-0.3, -0.25) is 0 Å². The summed E-state index contributed by atoms with van der Waals surface area (Å²) in [5.74, 6) is 0.406. The minimum Gasteiger partial charge on any atom is -0.343 e. The third kappa shape index (κ3) is 25.3. The zero-order chi connectivity index (χ0) is 17.0. The summed E-state index contributed by atoms with van der Waals surface area (Å²) in [4.78, 5) is 0. The molecular formula is C20H40BY-2. The average molecular weight is 380 g/mol. The average Bonchev–Trinajstić information content (AvgIpc) is 2.56. The molecule has 0 saturated heterocycles. The van der Waals surface area contributed by atoms with Crippen molar-refractivity contribution in [3.63, 3.8) is 0 Å². The molecule has 0 aliphatic rings. The summed E-state index contributed by atoms with van der Waals surface area (Å²) in [7, 11) is 0. The maximum atomic E-state index is 4.09. The monoisotopic (exact) mass is 380 g/mol. The summed E-state index contributed by atoms with van der Waals surface area (Å²) in [6.45, 7) is 26.0. The van der Waals surface area contributed by atoms with Crippen LogP contribution in [-0.2, 0) is 32.7 Å². The van der Waals surface area contributed by atoms with Gasteiger partial charge in [-0.15, -0.1) is 12.3 Å². The minimum absolute atomic E-state index is 0. The zero-order valence-corrected chi connectivity index (χ0v) is 19.7. The van der Waals surface area contributed by atoms with Crippen molar-refractivity contribution in [1.82, 2.24) is 0 Å². The van der Waals surface area contributed by atoms with Gasteiger partial charge < -0.3 is 13.8 Å². The number of rotatable bonds is 3. The standard InChI is InChI=1S/C12H16.4C2H6.B.Y/c1-4-5-11(3)12-8-6-10(2)7-9-12;4*1-2;;/h6-9,11H,1,3-5H2,2H3;4*1-2H3;;/q-2;;;;;;. The molecule has 4 radical (unpaired) electrons. The van der Waals surface area contributed by atoms with Gasteiger partial charge in [0.2, 0.25) is 0 Å². The zero-order valence-electron chi connectivity index (χ0n) is 16.9. The predicted molar refractivity (Wildman–Crippen MR) is 105 cm³/mol. The molecule has 0 saturated carbocycles. The second-order valence-corrected chi connectivity index (χ2v) is 3.25. The van der Waals surface area contributed by atoms with Crippen molar-refractivity contribution in [2.45, 2.75) is 81.1 Å². The van der Waals surface area contributed by atoms with E-state index in [1.807, 2.05) is 55.4 Å². The van der Waals surface area contributed by atoms with Gasteiger partial charge in [0, 0.05) is 41.1 Å². The maximum absolute atomic E-state index is 4.09. The smallest absolute Gasteiger partial charge is 0 e. The van der Waals surface area contributed by atoms with Gasteiger partial charge in [0.05, 0.1) is 0 Å². The van der Waals surface area contributed by atoms with Crippen LogP contribution >= 0.6 is 0 Å². The summed E-state index contributed by atoms with van der Waals surface area (Å²) in [6.07, 6.45) is 2.03. The minimum atomic E-state index is 0. The molecule has 0 N–H and O–H groups in total. The molecule has 0 bridgehead atoms. The van der Waals surface area contributed by atoms with E-state index in [1.54, 1.807) is 0 Å². The van der Waals surface area contributed by atoms with Crippen LogP contribution in [0.5, 0.6) is 0 Å². The van der Waals surface area contributed by atoms with Gasteiger partial charge in [-0.2, -0.15) is 6.42 Å². The van der Waals surface area contributed by atoms with Crippen molar-refractivity contribution in [3.8, 4) is 0 Å². The molecule has 1 aromatic carbocycles. The molecule has 22 heavy (non-hydrogen) atoms. The van der Waals surface area contributed by atoms with E-state index in [0.717, 1.165) is 12.8 Å². The van der Waals surface area contributed by atoms with E-state index in [4.69, 9.17) is 0 Å². The second kappa shape index (κ2) is 37.5. The molecule has 0 heterocycles. The van der Waals surface area contributed by atoms with Crippen molar-refractivity contribution >= 4 is 8.41 Å². The number of aryl methyl sites for hydroxylation is 1. The van der Waals surface area contributed by atoms with Crippen molar-refractivity contribution < 1.29 is 32.7 Å². The third-order valence-corrected chi connectivity index (χ3v) is 2.10. The van der Waals surface area contributed by atoms with E-state index in [2.05, 4.69) is 45.0 Å². The first-order chi connectivity index (χ1) is 9.74. The Morgan fingerprint density at radius 1 is 0.818 bits per heavy atom. The predicted octanol–water partition coefficient (Wildman–Crippen LogP) is 7.25. The van der Waals surface area contributed by atoms with Crippen LogP contribution in [0, 0.1) is 20.8 Å². The van der Waals surface area contributed by atoms with E-state index in [1.165, 1.54) is 11.1 Å². The Bertz CT molecular complexity index is 232. The van der Waals surface area contributed by atoms with Gasteiger partial charge in [0.25, 0.3) is 0 Å².